The van der Waals surface area contributed by atoms with E-state index in [1.807, 2.05) is 6.07 Å². The normalized spacial score (nSPS) is 16.3. The highest BCUT2D eigenvalue weighted by Gasteiger charge is 2.28. The Hall–Kier alpha value is -2.93. The molecule has 7 heteroatoms. The second kappa shape index (κ2) is 9.26. The van der Waals surface area contributed by atoms with E-state index in [0.29, 0.717) is 12.2 Å². The molecular formula is C23H23FN4OS. The summed E-state index contributed by atoms with van der Waals surface area (Å²) in [6, 6.07) is 14.1. The van der Waals surface area contributed by atoms with Crippen LogP contribution in [0.3, 0.4) is 0 Å². The summed E-state index contributed by atoms with van der Waals surface area (Å²) in [4.78, 5) is 25.1. The number of hydrogen-bond donors (Lipinski definition) is 1. The van der Waals surface area contributed by atoms with Gasteiger partial charge in [-0.1, -0.05) is 29.5 Å². The van der Waals surface area contributed by atoms with Crippen molar-refractivity contribution in [2.24, 2.45) is 5.92 Å². The van der Waals surface area contributed by atoms with Crippen LogP contribution in [0.25, 0.3) is 0 Å². The minimum absolute atomic E-state index is 0.0527. The highest BCUT2D eigenvalue weighted by Crippen LogP contribution is 2.34. The predicted molar refractivity (Wildman–Crippen MR) is 117 cm³/mol. The molecule has 5 nitrogen and oxygen atoms in total. The molecule has 154 valence electrons. The predicted octanol–water partition coefficient (Wildman–Crippen LogP) is 4.93. The van der Waals surface area contributed by atoms with Gasteiger partial charge in [0.1, 0.15) is 10.8 Å². The monoisotopic (exact) mass is 422 g/mol. The first-order valence-corrected chi connectivity index (χ1v) is 10.8. The van der Waals surface area contributed by atoms with Crippen molar-refractivity contribution in [2.45, 2.75) is 29.7 Å². The molecule has 1 N–H and O–H groups in total. The van der Waals surface area contributed by atoms with Gasteiger partial charge in [0.2, 0.25) is 5.91 Å². The van der Waals surface area contributed by atoms with Crippen LogP contribution in [0.15, 0.2) is 70.8 Å². The van der Waals surface area contributed by atoms with E-state index in [1.54, 1.807) is 36.3 Å². The summed E-state index contributed by atoms with van der Waals surface area (Å²) in [5, 5.41) is 3.73. The van der Waals surface area contributed by atoms with Crippen molar-refractivity contribution in [3.63, 3.8) is 0 Å². The maximum absolute atomic E-state index is 13.1. The average Bonchev–Trinajstić information content (AvgIpc) is 2.76. The number of nitrogens with zero attached hydrogens (tertiary/aromatic N) is 3. The molecule has 1 aliphatic heterocycles. The van der Waals surface area contributed by atoms with Crippen molar-refractivity contribution >= 4 is 29.2 Å². The molecule has 1 saturated heterocycles. The van der Waals surface area contributed by atoms with Crippen LogP contribution in [-0.2, 0) is 4.79 Å². The van der Waals surface area contributed by atoms with Crippen LogP contribution in [0.5, 0.6) is 0 Å². The van der Waals surface area contributed by atoms with Gasteiger partial charge in [0.25, 0.3) is 0 Å². The molecule has 3 aromatic rings. The van der Waals surface area contributed by atoms with Gasteiger partial charge in [0.05, 0.1) is 5.92 Å². The molecule has 1 amide bonds. The standard InChI is InChI=1S/C23H23FN4OS/c1-16-4-2-6-20(14-16)30-23-21(25-11-12-26-23)28-13-3-5-17(15-28)22(29)27-19-9-7-18(24)8-10-19/h2,4,6-12,14,17H,3,5,13,15H2,1H3,(H,27,29). The van der Waals surface area contributed by atoms with E-state index in [4.69, 9.17) is 0 Å². The lowest BCUT2D eigenvalue weighted by molar-refractivity contribution is -0.120. The van der Waals surface area contributed by atoms with Crippen LogP contribution in [0.1, 0.15) is 18.4 Å². The number of carbonyl (C=O) groups is 1. The molecular weight excluding hydrogens is 399 g/mol. The molecule has 1 aliphatic rings. The smallest absolute Gasteiger partial charge is 0.229 e. The summed E-state index contributed by atoms with van der Waals surface area (Å²) in [5.41, 5.74) is 1.80. The maximum Gasteiger partial charge on any atom is 0.229 e. The molecule has 2 aromatic carbocycles. The summed E-state index contributed by atoms with van der Waals surface area (Å²) in [7, 11) is 0. The van der Waals surface area contributed by atoms with Crippen molar-refractivity contribution in [1.29, 1.82) is 0 Å². The molecule has 1 aromatic heterocycles. The number of aromatic nitrogens is 2. The molecule has 30 heavy (non-hydrogen) atoms. The summed E-state index contributed by atoms with van der Waals surface area (Å²) >= 11 is 1.58. The molecule has 0 aliphatic carbocycles. The van der Waals surface area contributed by atoms with E-state index < -0.39 is 0 Å². The van der Waals surface area contributed by atoms with E-state index in [2.05, 4.69) is 45.3 Å². The van der Waals surface area contributed by atoms with Crippen LogP contribution < -0.4 is 10.2 Å². The van der Waals surface area contributed by atoms with Crippen molar-refractivity contribution in [3.05, 3.63) is 72.3 Å². The summed E-state index contributed by atoms with van der Waals surface area (Å²) in [5.74, 6) is 0.270. The zero-order valence-corrected chi connectivity index (χ0v) is 17.5. The Morgan fingerprint density at radius 1 is 1.17 bits per heavy atom. The summed E-state index contributed by atoms with van der Waals surface area (Å²) in [6.07, 6.45) is 5.10. The average molecular weight is 423 g/mol. The van der Waals surface area contributed by atoms with Crippen LogP contribution in [0, 0.1) is 18.7 Å². The van der Waals surface area contributed by atoms with E-state index in [0.717, 1.165) is 35.1 Å². The van der Waals surface area contributed by atoms with Gasteiger partial charge >= 0.3 is 0 Å². The fourth-order valence-corrected chi connectivity index (χ4v) is 4.56. The Balaban J connectivity index is 1.48. The quantitative estimate of drug-likeness (QED) is 0.632. The maximum atomic E-state index is 13.1. The number of benzene rings is 2. The summed E-state index contributed by atoms with van der Waals surface area (Å²) in [6.45, 7) is 3.48. The third kappa shape index (κ3) is 4.97. The van der Waals surface area contributed by atoms with Gasteiger partial charge in [0, 0.05) is 36.1 Å². The van der Waals surface area contributed by atoms with Gasteiger partial charge in [0.15, 0.2) is 5.82 Å². The van der Waals surface area contributed by atoms with E-state index in [1.165, 1.54) is 17.7 Å². The van der Waals surface area contributed by atoms with Gasteiger partial charge in [-0.3, -0.25) is 4.79 Å². The van der Waals surface area contributed by atoms with Crippen LogP contribution >= 0.6 is 11.8 Å². The number of carbonyl (C=O) groups excluding carboxylic acids is 1. The molecule has 1 unspecified atom stereocenters. The molecule has 1 atom stereocenters. The van der Waals surface area contributed by atoms with Crippen molar-refractivity contribution in [2.75, 3.05) is 23.3 Å². The number of aryl methyl sites for hydroxylation is 1. The zero-order valence-electron chi connectivity index (χ0n) is 16.7. The first-order chi connectivity index (χ1) is 14.6. The third-order valence-corrected chi connectivity index (χ3v) is 6.03. The fourth-order valence-electron chi connectivity index (χ4n) is 3.56. The highest BCUT2D eigenvalue weighted by atomic mass is 32.2. The number of amides is 1. The molecule has 0 radical (unpaired) electrons. The number of rotatable bonds is 5. The number of hydrogen-bond acceptors (Lipinski definition) is 5. The van der Waals surface area contributed by atoms with Crippen LogP contribution in [0.2, 0.25) is 0 Å². The van der Waals surface area contributed by atoms with Crippen molar-refractivity contribution in [1.82, 2.24) is 9.97 Å². The van der Waals surface area contributed by atoms with Gasteiger partial charge in [-0.25, -0.2) is 14.4 Å². The first kappa shape index (κ1) is 20.3. The SMILES string of the molecule is Cc1cccc(Sc2nccnc2N2CCCC(C(=O)Nc3ccc(F)cc3)C2)c1. The molecule has 0 bridgehead atoms. The molecule has 4 rings (SSSR count). The van der Waals surface area contributed by atoms with Gasteiger partial charge < -0.3 is 10.2 Å². The van der Waals surface area contributed by atoms with E-state index >= 15 is 0 Å². The van der Waals surface area contributed by atoms with Gasteiger partial charge in [-0.15, -0.1) is 0 Å². The minimum atomic E-state index is -0.321. The Labute approximate surface area is 179 Å². The van der Waals surface area contributed by atoms with Crippen molar-refractivity contribution in [3.8, 4) is 0 Å². The van der Waals surface area contributed by atoms with Crippen molar-refractivity contribution < 1.29 is 9.18 Å². The number of halogens is 1. The lowest BCUT2D eigenvalue weighted by Gasteiger charge is -2.33. The second-order valence-corrected chi connectivity index (χ2v) is 8.45. The van der Waals surface area contributed by atoms with Crippen LogP contribution in [0.4, 0.5) is 15.9 Å². The minimum Gasteiger partial charge on any atom is -0.354 e. The van der Waals surface area contributed by atoms with Crippen LogP contribution in [-0.4, -0.2) is 29.0 Å². The lowest BCUT2D eigenvalue weighted by Crippen LogP contribution is -2.41. The number of piperidine rings is 1. The Bertz CT molecular complexity index is 1030. The van der Waals surface area contributed by atoms with E-state index in [-0.39, 0.29) is 17.6 Å². The Morgan fingerprint density at radius 2 is 1.97 bits per heavy atom. The topological polar surface area (TPSA) is 58.1 Å². The Morgan fingerprint density at radius 3 is 2.77 bits per heavy atom. The first-order valence-electron chi connectivity index (χ1n) is 9.95. The molecule has 1 fully saturated rings. The fraction of sp³-hybridized carbons (Fsp3) is 0.261. The summed E-state index contributed by atoms with van der Waals surface area (Å²) < 4.78 is 13.1. The highest BCUT2D eigenvalue weighted by molar-refractivity contribution is 7.99. The Kier molecular flexibility index (Phi) is 6.28. The van der Waals surface area contributed by atoms with Gasteiger partial charge in [-0.05, 0) is 56.2 Å². The molecule has 0 spiro atoms. The largest absolute Gasteiger partial charge is 0.354 e. The number of nitrogens with one attached hydrogen (secondary N) is 1. The molecule has 0 saturated carbocycles. The number of anilines is 2. The molecule has 2 heterocycles. The third-order valence-electron chi connectivity index (χ3n) is 5.05. The van der Waals surface area contributed by atoms with Gasteiger partial charge in [-0.2, -0.15) is 0 Å². The van der Waals surface area contributed by atoms with E-state index in [9.17, 15) is 9.18 Å². The zero-order chi connectivity index (χ0) is 20.9. The second-order valence-electron chi connectivity index (χ2n) is 7.38. The lowest BCUT2D eigenvalue weighted by atomic mass is 9.97.